The lowest BCUT2D eigenvalue weighted by atomic mass is 9.54. The normalized spacial score (nSPS) is 15.0. The van der Waals surface area contributed by atoms with Crippen LogP contribution in [0.1, 0.15) is 23.2 Å². The molecule has 28 heavy (non-hydrogen) atoms. The topological polar surface area (TPSA) is 39.2 Å². The fourth-order valence-electron chi connectivity index (χ4n) is 3.32. The number of pyridine rings is 1. The summed E-state index contributed by atoms with van der Waals surface area (Å²) in [6, 6.07) is 11.5. The van der Waals surface area contributed by atoms with Gasteiger partial charge in [-0.25, -0.2) is 0 Å². The summed E-state index contributed by atoms with van der Waals surface area (Å²) < 4.78 is 6.59. The number of hydrogen-bond acceptors (Lipinski definition) is 3. The summed E-state index contributed by atoms with van der Waals surface area (Å²) in [5.41, 5.74) is 2.72. The molecule has 0 radical (unpaired) electrons. The monoisotopic (exact) mass is 365 g/mol. The summed E-state index contributed by atoms with van der Waals surface area (Å²) in [4.78, 5) is 15.6. The van der Waals surface area contributed by atoms with Crippen molar-refractivity contribution in [3.05, 3.63) is 107 Å². The first-order valence-corrected chi connectivity index (χ1v) is 9.41. The van der Waals surface area contributed by atoms with Crippen LogP contribution in [-0.4, -0.2) is 18.2 Å². The van der Waals surface area contributed by atoms with Gasteiger partial charge in [-0.05, 0) is 23.4 Å². The highest BCUT2D eigenvalue weighted by Crippen LogP contribution is 2.16. The maximum absolute atomic E-state index is 11.0. The van der Waals surface area contributed by atoms with Gasteiger partial charge in [-0.2, -0.15) is 0 Å². The van der Waals surface area contributed by atoms with Gasteiger partial charge in [0.05, 0.1) is 0 Å². The van der Waals surface area contributed by atoms with Gasteiger partial charge in [0.15, 0.2) is 0 Å². The lowest BCUT2D eigenvalue weighted by molar-refractivity contribution is 0.112. The molecule has 0 N–H and O–H groups in total. The third kappa shape index (κ3) is 3.96. The number of aldehydes is 1. The SMILES string of the molecule is O=Cc1ccc(B(OC2=c3ncccc3=CC=CC2)C2=CC=CCC=C2)cc1. The number of hydrogen-bond donors (Lipinski definition) is 0. The molecule has 3 nitrogen and oxygen atoms in total. The number of benzene rings is 1. The minimum Gasteiger partial charge on any atom is -0.553 e. The summed E-state index contributed by atoms with van der Waals surface area (Å²) >= 11 is 0. The smallest absolute Gasteiger partial charge is 0.426 e. The van der Waals surface area contributed by atoms with E-state index >= 15 is 0 Å². The average molecular weight is 365 g/mol. The second-order valence-corrected chi connectivity index (χ2v) is 6.68. The van der Waals surface area contributed by atoms with Gasteiger partial charge in [0.2, 0.25) is 0 Å². The molecule has 0 atom stereocenters. The molecule has 2 aliphatic carbocycles. The fourth-order valence-corrected chi connectivity index (χ4v) is 3.32. The lowest BCUT2D eigenvalue weighted by Crippen LogP contribution is -2.38. The number of fused-ring (bicyclic) bond motifs is 1. The van der Waals surface area contributed by atoms with Crippen LogP contribution >= 0.6 is 0 Å². The summed E-state index contributed by atoms with van der Waals surface area (Å²) in [5, 5.41) is 1.92. The van der Waals surface area contributed by atoms with Gasteiger partial charge in [-0.15, -0.1) is 0 Å². The molecule has 4 rings (SSSR count). The molecule has 4 heteroatoms. The van der Waals surface area contributed by atoms with Crippen LogP contribution in [0.2, 0.25) is 0 Å². The van der Waals surface area contributed by atoms with Gasteiger partial charge >= 0.3 is 6.92 Å². The van der Waals surface area contributed by atoms with E-state index in [1.165, 1.54) is 0 Å². The van der Waals surface area contributed by atoms with Gasteiger partial charge in [-0.1, -0.05) is 78.9 Å². The molecular formula is C24H20BNO2. The molecule has 1 aromatic carbocycles. The largest absolute Gasteiger partial charge is 0.553 e. The number of carbonyl (C=O) groups is 1. The van der Waals surface area contributed by atoms with Crippen molar-refractivity contribution in [2.75, 3.05) is 0 Å². The Labute approximate surface area is 164 Å². The van der Waals surface area contributed by atoms with Crippen molar-refractivity contribution in [3.8, 4) is 0 Å². The Balaban J connectivity index is 1.81. The molecule has 0 spiro atoms. The number of rotatable bonds is 5. The van der Waals surface area contributed by atoms with Crippen molar-refractivity contribution in [2.45, 2.75) is 12.8 Å². The average Bonchev–Trinajstić information content (AvgIpc) is 3.13. The summed E-state index contributed by atoms with van der Waals surface area (Å²) in [6.07, 6.45) is 20.9. The van der Waals surface area contributed by atoms with E-state index in [0.717, 1.165) is 40.0 Å². The molecule has 136 valence electrons. The van der Waals surface area contributed by atoms with Crippen molar-refractivity contribution in [1.29, 1.82) is 0 Å². The number of allylic oxidation sites excluding steroid dienone is 7. The van der Waals surface area contributed by atoms with Gasteiger partial charge in [0.25, 0.3) is 0 Å². The standard InChI is InChI=1S/C24H20BNO2/c27-18-19-13-15-22(16-14-19)25(21-10-3-1-2-4-11-21)28-23-12-6-5-8-20-9-7-17-26-24(20)23/h1,3-11,13-18H,2,12H2. The van der Waals surface area contributed by atoms with E-state index in [2.05, 4.69) is 47.5 Å². The van der Waals surface area contributed by atoms with Crippen molar-refractivity contribution in [1.82, 2.24) is 4.98 Å². The number of aromatic nitrogens is 1. The van der Waals surface area contributed by atoms with E-state index in [1.54, 1.807) is 6.20 Å². The Bertz CT molecular complexity index is 1110. The maximum Gasteiger partial charge on any atom is 0.426 e. The highest BCUT2D eigenvalue weighted by Gasteiger charge is 2.26. The number of carbonyl (C=O) groups excluding carboxylic acids is 1. The number of nitrogens with zero attached hydrogens (tertiary/aromatic N) is 1. The van der Waals surface area contributed by atoms with Crippen LogP contribution < -0.4 is 16.0 Å². The third-order valence-electron chi connectivity index (χ3n) is 4.76. The van der Waals surface area contributed by atoms with E-state index in [4.69, 9.17) is 4.65 Å². The van der Waals surface area contributed by atoms with Crippen LogP contribution in [0.15, 0.2) is 90.6 Å². The molecule has 0 saturated heterocycles. The van der Waals surface area contributed by atoms with Crippen LogP contribution in [0.4, 0.5) is 0 Å². The fraction of sp³-hybridized carbons (Fsp3) is 0.0833. The minimum atomic E-state index is -0.281. The predicted octanol–water partition coefficient (Wildman–Crippen LogP) is 2.64. The van der Waals surface area contributed by atoms with E-state index in [-0.39, 0.29) is 6.92 Å². The molecule has 0 bridgehead atoms. The van der Waals surface area contributed by atoms with E-state index < -0.39 is 0 Å². The molecule has 0 aliphatic heterocycles. The molecule has 0 amide bonds. The molecule has 0 unspecified atom stereocenters. The minimum absolute atomic E-state index is 0.281. The first-order valence-electron chi connectivity index (χ1n) is 9.41. The predicted molar refractivity (Wildman–Crippen MR) is 114 cm³/mol. The first-order chi connectivity index (χ1) is 13.8. The van der Waals surface area contributed by atoms with Gasteiger partial charge in [-0.3, -0.25) is 9.78 Å². The van der Waals surface area contributed by atoms with Gasteiger partial charge < -0.3 is 4.65 Å². The highest BCUT2D eigenvalue weighted by molar-refractivity contribution is 6.75. The zero-order chi connectivity index (χ0) is 19.2. The lowest BCUT2D eigenvalue weighted by Gasteiger charge is -2.19. The van der Waals surface area contributed by atoms with Crippen molar-refractivity contribution >= 4 is 30.5 Å². The Morgan fingerprint density at radius 2 is 1.86 bits per heavy atom. The molecular weight excluding hydrogens is 345 g/mol. The van der Waals surface area contributed by atoms with E-state index in [0.29, 0.717) is 12.0 Å². The van der Waals surface area contributed by atoms with Crippen molar-refractivity contribution in [3.63, 3.8) is 0 Å². The van der Waals surface area contributed by atoms with Crippen LogP contribution in [0.3, 0.4) is 0 Å². The summed E-state index contributed by atoms with van der Waals surface area (Å²) in [6.45, 7) is -0.281. The van der Waals surface area contributed by atoms with Gasteiger partial charge in [0.1, 0.15) is 17.4 Å². The first kappa shape index (κ1) is 18.0. The van der Waals surface area contributed by atoms with Gasteiger partial charge in [0, 0.05) is 23.4 Å². The van der Waals surface area contributed by atoms with Crippen LogP contribution in [-0.2, 0) is 4.65 Å². The molecule has 0 fully saturated rings. The third-order valence-corrected chi connectivity index (χ3v) is 4.76. The molecule has 2 aliphatic rings. The Hall–Kier alpha value is -3.40. The second kappa shape index (κ2) is 8.53. The summed E-state index contributed by atoms with van der Waals surface area (Å²) in [7, 11) is 0. The molecule has 2 aromatic rings. The van der Waals surface area contributed by atoms with Crippen LogP contribution in [0.5, 0.6) is 0 Å². The Kier molecular flexibility index (Phi) is 5.48. The maximum atomic E-state index is 11.0. The molecule has 1 aromatic heterocycles. The quantitative estimate of drug-likeness (QED) is 0.604. The van der Waals surface area contributed by atoms with E-state index in [1.807, 2.05) is 42.5 Å². The second-order valence-electron chi connectivity index (χ2n) is 6.68. The zero-order valence-electron chi connectivity index (χ0n) is 15.5. The zero-order valence-corrected chi connectivity index (χ0v) is 15.5. The van der Waals surface area contributed by atoms with Crippen molar-refractivity contribution < 1.29 is 9.45 Å². The van der Waals surface area contributed by atoms with Crippen molar-refractivity contribution in [2.24, 2.45) is 0 Å². The Morgan fingerprint density at radius 1 is 1.00 bits per heavy atom. The molecule has 1 heterocycles. The van der Waals surface area contributed by atoms with E-state index in [9.17, 15) is 4.79 Å². The van der Waals surface area contributed by atoms with Crippen LogP contribution in [0, 0.1) is 0 Å². The van der Waals surface area contributed by atoms with Crippen LogP contribution in [0.25, 0.3) is 11.8 Å². The summed E-state index contributed by atoms with van der Waals surface area (Å²) in [5.74, 6) is 0.840. The Morgan fingerprint density at radius 3 is 2.71 bits per heavy atom. The highest BCUT2D eigenvalue weighted by atomic mass is 16.4. The molecule has 0 saturated carbocycles.